The van der Waals surface area contributed by atoms with Gasteiger partial charge < -0.3 is 10.4 Å². The van der Waals surface area contributed by atoms with Gasteiger partial charge in [-0.3, -0.25) is 4.79 Å². The molecule has 0 saturated carbocycles. The van der Waals surface area contributed by atoms with Crippen molar-refractivity contribution in [2.24, 2.45) is 0 Å². The summed E-state index contributed by atoms with van der Waals surface area (Å²) < 4.78 is 0. The number of nitrogens with zero attached hydrogens (tertiary/aromatic N) is 1. The Morgan fingerprint density at radius 1 is 1.04 bits per heavy atom. The molecule has 1 aromatic heterocycles. The first kappa shape index (κ1) is 19.8. The maximum Gasteiger partial charge on any atom is 0.330 e. The Bertz CT molecular complexity index is 949. The van der Waals surface area contributed by atoms with Crippen LogP contribution >= 0.6 is 11.3 Å². The van der Waals surface area contributed by atoms with Gasteiger partial charge in [-0.2, -0.15) is 0 Å². The van der Waals surface area contributed by atoms with E-state index in [9.17, 15) is 14.7 Å². The van der Waals surface area contributed by atoms with E-state index >= 15 is 0 Å². The van der Waals surface area contributed by atoms with Crippen molar-refractivity contribution in [2.45, 2.75) is 32.2 Å². The molecule has 0 bridgehead atoms. The number of carboxylic acids is 1. The van der Waals surface area contributed by atoms with E-state index in [1.165, 1.54) is 16.9 Å². The number of carboxylic acid groups (broad SMARTS) is 1. The summed E-state index contributed by atoms with van der Waals surface area (Å²) in [6, 6.07) is 15.8. The molecule has 1 amide bonds. The second-order valence-corrected chi connectivity index (χ2v) is 7.71. The number of hydrogen-bond acceptors (Lipinski definition) is 4. The molecule has 1 heterocycles. The second-order valence-electron chi connectivity index (χ2n) is 6.85. The molecule has 5 nitrogen and oxygen atoms in total. The van der Waals surface area contributed by atoms with E-state index in [2.05, 4.69) is 36.3 Å². The van der Waals surface area contributed by atoms with Crippen LogP contribution in [0.25, 0.3) is 10.6 Å². The van der Waals surface area contributed by atoms with Crippen molar-refractivity contribution < 1.29 is 14.7 Å². The Balaban J connectivity index is 1.67. The lowest BCUT2D eigenvalue weighted by Crippen LogP contribution is -2.34. The quantitative estimate of drug-likeness (QED) is 0.622. The first-order valence-electron chi connectivity index (χ1n) is 9.06. The van der Waals surface area contributed by atoms with Gasteiger partial charge in [0.05, 0.1) is 12.1 Å². The number of carbonyl (C=O) groups excluding carboxylic acids is 1. The molecule has 6 heteroatoms. The molecule has 3 aromatic rings. The Kier molecular flexibility index (Phi) is 6.21. The predicted octanol–water partition coefficient (Wildman–Crippen LogP) is 4.42. The number of benzene rings is 2. The largest absolute Gasteiger partial charge is 0.479 e. The SMILES string of the molecule is CC(C)c1ccc(-c2nc(CC(=O)N[C@@H](C(=O)O)c3ccccc3)cs2)cc1. The van der Waals surface area contributed by atoms with E-state index in [1.807, 2.05) is 17.5 Å². The third kappa shape index (κ3) is 4.84. The third-order valence-corrected chi connectivity index (χ3v) is 5.34. The molecule has 144 valence electrons. The zero-order chi connectivity index (χ0) is 20.1. The first-order valence-corrected chi connectivity index (χ1v) is 9.94. The van der Waals surface area contributed by atoms with Crippen LogP contribution in [0.5, 0.6) is 0 Å². The van der Waals surface area contributed by atoms with E-state index in [0.29, 0.717) is 17.2 Å². The van der Waals surface area contributed by atoms with Gasteiger partial charge in [-0.05, 0) is 17.0 Å². The number of hydrogen-bond donors (Lipinski definition) is 2. The zero-order valence-corrected chi connectivity index (χ0v) is 16.6. The van der Waals surface area contributed by atoms with Crippen molar-refractivity contribution in [2.75, 3.05) is 0 Å². The Morgan fingerprint density at radius 3 is 2.32 bits per heavy atom. The fraction of sp³-hybridized carbons (Fsp3) is 0.227. The highest BCUT2D eigenvalue weighted by Gasteiger charge is 2.22. The fourth-order valence-corrected chi connectivity index (χ4v) is 3.67. The van der Waals surface area contributed by atoms with Crippen molar-refractivity contribution in [3.05, 3.63) is 76.8 Å². The molecule has 2 N–H and O–H groups in total. The van der Waals surface area contributed by atoms with Gasteiger partial charge in [0.1, 0.15) is 5.01 Å². The van der Waals surface area contributed by atoms with Crippen molar-refractivity contribution in [1.82, 2.24) is 10.3 Å². The molecule has 0 radical (unpaired) electrons. The average Bonchev–Trinajstić information content (AvgIpc) is 3.15. The summed E-state index contributed by atoms with van der Waals surface area (Å²) in [5.74, 6) is -0.997. The summed E-state index contributed by atoms with van der Waals surface area (Å²) in [6.07, 6.45) is 0.0389. The number of amides is 1. The van der Waals surface area contributed by atoms with Gasteiger partial charge in [-0.1, -0.05) is 68.4 Å². The number of nitrogens with one attached hydrogen (secondary N) is 1. The lowest BCUT2D eigenvalue weighted by molar-refractivity contribution is -0.142. The molecule has 0 aliphatic heterocycles. The Morgan fingerprint density at radius 2 is 1.71 bits per heavy atom. The summed E-state index contributed by atoms with van der Waals surface area (Å²) in [7, 11) is 0. The van der Waals surface area contributed by atoms with Crippen LogP contribution in [0.2, 0.25) is 0 Å². The van der Waals surface area contributed by atoms with Crippen LogP contribution in [-0.2, 0) is 16.0 Å². The molecule has 0 spiro atoms. The van der Waals surface area contributed by atoms with Crippen LogP contribution in [0.3, 0.4) is 0 Å². The highest BCUT2D eigenvalue weighted by atomic mass is 32.1. The molecular weight excluding hydrogens is 372 g/mol. The van der Waals surface area contributed by atoms with Gasteiger partial charge in [0, 0.05) is 10.9 Å². The topological polar surface area (TPSA) is 79.3 Å². The minimum Gasteiger partial charge on any atom is -0.479 e. The van der Waals surface area contributed by atoms with Crippen LogP contribution in [0, 0.1) is 0 Å². The smallest absolute Gasteiger partial charge is 0.330 e. The van der Waals surface area contributed by atoms with Crippen LogP contribution in [0.15, 0.2) is 60.0 Å². The van der Waals surface area contributed by atoms with Crippen LogP contribution < -0.4 is 5.32 Å². The van der Waals surface area contributed by atoms with E-state index in [1.54, 1.807) is 30.3 Å². The summed E-state index contributed by atoms with van der Waals surface area (Å²) >= 11 is 1.47. The van der Waals surface area contributed by atoms with Crippen molar-refractivity contribution in [3.8, 4) is 10.6 Å². The molecular formula is C22H22N2O3S. The molecule has 0 aliphatic carbocycles. The van der Waals surface area contributed by atoms with Gasteiger partial charge in [-0.25, -0.2) is 9.78 Å². The summed E-state index contributed by atoms with van der Waals surface area (Å²) in [5.41, 5.74) is 3.43. The van der Waals surface area contributed by atoms with Gasteiger partial charge in [0.2, 0.25) is 5.91 Å². The highest BCUT2D eigenvalue weighted by molar-refractivity contribution is 7.13. The number of rotatable bonds is 7. The molecule has 2 aromatic carbocycles. The molecule has 3 rings (SSSR count). The van der Waals surface area contributed by atoms with Gasteiger partial charge in [-0.15, -0.1) is 11.3 Å². The van der Waals surface area contributed by atoms with E-state index in [4.69, 9.17) is 0 Å². The summed E-state index contributed by atoms with van der Waals surface area (Å²) in [5, 5.41) is 14.7. The maximum atomic E-state index is 12.4. The maximum absolute atomic E-state index is 12.4. The van der Waals surface area contributed by atoms with E-state index in [0.717, 1.165) is 10.6 Å². The molecule has 0 fully saturated rings. The Labute approximate surface area is 168 Å². The highest BCUT2D eigenvalue weighted by Crippen LogP contribution is 2.26. The second kappa shape index (κ2) is 8.80. The molecule has 0 aliphatic rings. The van der Waals surface area contributed by atoms with Crippen molar-refractivity contribution >= 4 is 23.2 Å². The summed E-state index contributed by atoms with van der Waals surface area (Å²) in [4.78, 5) is 28.4. The number of aromatic nitrogens is 1. The first-order chi connectivity index (χ1) is 13.4. The van der Waals surface area contributed by atoms with Crippen LogP contribution in [0.1, 0.15) is 42.6 Å². The van der Waals surface area contributed by atoms with Crippen LogP contribution in [0.4, 0.5) is 0 Å². The number of thiazole rings is 1. The zero-order valence-electron chi connectivity index (χ0n) is 15.8. The van der Waals surface area contributed by atoms with E-state index < -0.39 is 12.0 Å². The van der Waals surface area contributed by atoms with Crippen molar-refractivity contribution in [3.63, 3.8) is 0 Å². The average molecular weight is 394 g/mol. The normalized spacial score (nSPS) is 12.0. The van der Waals surface area contributed by atoms with Crippen molar-refractivity contribution in [1.29, 1.82) is 0 Å². The predicted molar refractivity (Wildman–Crippen MR) is 110 cm³/mol. The minimum absolute atomic E-state index is 0.0389. The Hall–Kier alpha value is -2.99. The standard InChI is InChI=1S/C22H22N2O3S/c1-14(2)15-8-10-17(11-9-15)21-23-18(13-28-21)12-19(25)24-20(22(26)27)16-6-4-3-5-7-16/h3-11,13-14,20H,12H2,1-2H3,(H,24,25)(H,26,27)/t20-/m1/s1. The lowest BCUT2D eigenvalue weighted by atomic mass is 10.0. The van der Waals surface area contributed by atoms with Gasteiger partial charge in [0.25, 0.3) is 0 Å². The molecule has 0 saturated heterocycles. The molecule has 1 atom stereocenters. The van der Waals surface area contributed by atoms with Crippen LogP contribution in [-0.4, -0.2) is 22.0 Å². The van der Waals surface area contributed by atoms with Gasteiger partial charge in [0.15, 0.2) is 6.04 Å². The molecule has 0 unspecified atom stereocenters. The number of carbonyl (C=O) groups is 2. The minimum atomic E-state index is -1.09. The monoisotopic (exact) mass is 394 g/mol. The fourth-order valence-electron chi connectivity index (χ4n) is 2.84. The molecule has 28 heavy (non-hydrogen) atoms. The third-order valence-electron chi connectivity index (χ3n) is 4.40. The lowest BCUT2D eigenvalue weighted by Gasteiger charge is -2.14. The summed E-state index contributed by atoms with van der Waals surface area (Å²) in [6.45, 7) is 4.30. The van der Waals surface area contributed by atoms with E-state index in [-0.39, 0.29) is 12.3 Å². The van der Waals surface area contributed by atoms with Gasteiger partial charge >= 0.3 is 5.97 Å². The number of aliphatic carboxylic acids is 1.